The molecule has 1 aliphatic carbocycles. The van der Waals surface area contributed by atoms with Gasteiger partial charge in [0.15, 0.2) is 0 Å². The predicted octanol–water partition coefficient (Wildman–Crippen LogP) is 3.30. The Balaban J connectivity index is 2.26. The minimum Gasteiger partial charge on any atom is -0.370 e. The van der Waals surface area contributed by atoms with Gasteiger partial charge in [-0.15, -0.1) is 0 Å². The second-order valence-electron chi connectivity index (χ2n) is 5.87. The van der Waals surface area contributed by atoms with Crippen LogP contribution in [0.4, 0.5) is 11.6 Å². The largest absolute Gasteiger partial charge is 0.370 e. The zero-order valence-electron chi connectivity index (χ0n) is 13.3. The van der Waals surface area contributed by atoms with E-state index in [0.29, 0.717) is 24.9 Å². The van der Waals surface area contributed by atoms with Gasteiger partial charge in [0.1, 0.15) is 17.5 Å². The number of nitriles is 1. The maximum Gasteiger partial charge on any atom is 0.136 e. The van der Waals surface area contributed by atoms with Crippen molar-refractivity contribution in [2.24, 2.45) is 0 Å². The second kappa shape index (κ2) is 7.26. The second-order valence-corrected chi connectivity index (χ2v) is 5.87. The Hall–Kier alpha value is -1.83. The first-order valence-electron chi connectivity index (χ1n) is 7.92. The van der Waals surface area contributed by atoms with Gasteiger partial charge in [-0.3, -0.25) is 0 Å². The molecule has 0 spiro atoms. The normalized spacial score (nSPS) is 14.0. The Morgan fingerprint density at radius 3 is 2.76 bits per heavy atom. The third-order valence-corrected chi connectivity index (χ3v) is 3.61. The number of hydrogen-bond acceptors (Lipinski definition) is 5. The molecule has 1 fully saturated rings. The number of nitrogens with one attached hydrogen (secondary N) is 1. The zero-order valence-corrected chi connectivity index (χ0v) is 13.3. The lowest BCUT2D eigenvalue weighted by Gasteiger charge is -2.27. The number of aromatic nitrogens is 2. The lowest BCUT2D eigenvalue weighted by Crippen LogP contribution is -2.32. The lowest BCUT2D eigenvalue weighted by atomic mass is 10.2. The molecule has 5 heteroatoms. The summed E-state index contributed by atoms with van der Waals surface area (Å²) in [4.78, 5) is 11.6. The molecule has 0 aliphatic heterocycles. The van der Waals surface area contributed by atoms with E-state index in [1.165, 1.54) is 12.8 Å². The van der Waals surface area contributed by atoms with E-state index in [0.717, 1.165) is 30.4 Å². The fraction of sp³-hybridized carbons (Fsp3) is 0.688. The summed E-state index contributed by atoms with van der Waals surface area (Å²) in [5, 5.41) is 12.2. The topological polar surface area (TPSA) is 64.8 Å². The van der Waals surface area contributed by atoms with Crippen LogP contribution in [0.25, 0.3) is 0 Å². The van der Waals surface area contributed by atoms with E-state index in [2.05, 4.69) is 42.0 Å². The summed E-state index contributed by atoms with van der Waals surface area (Å²) in [6.45, 7) is 8.04. The minimum absolute atomic E-state index is 0.319. The summed E-state index contributed by atoms with van der Waals surface area (Å²) in [5.74, 6) is 3.33. The van der Waals surface area contributed by atoms with Crippen molar-refractivity contribution in [1.29, 1.82) is 5.26 Å². The third-order valence-electron chi connectivity index (χ3n) is 3.61. The van der Waals surface area contributed by atoms with Gasteiger partial charge < -0.3 is 10.2 Å². The standard InChI is InChI=1S/C16H25N5/c1-4-9-18-14-11-15(20-16(19-14)13-6-7-13)21(12(2)3)10-5-8-17/h11-13H,4-7,9-10H2,1-3H3,(H,18,19,20). The van der Waals surface area contributed by atoms with E-state index < -0.39 is 0 Å². The Morgan fingerprint density at radius 2 is 2.19 bits per heavy atom. The summed E-state index contributed by atoms with van der Waals surface area (Å²) in [7, 11) is 0. The van der Waals surface area contributed by atoms with Crippen LogP contribution in [0.15, 0.2) is 6.07 Å². The van der Waals surface area contributed by atoms with Crippen molar-refractivity contribution >= 4 is 11.6 Å². The van der Waals surface area contributed by atoms with Gasteiger partial charge in [0, 0.05) is 31.1 Å². The molecule has 114 valence electrons. The smallest absolute Gasteiger partial charge is 0.136 e. The maximum atomic E-state index is 8.85. The van der Waals surface area contributed by atoms with E-state index in [1.807, 2.05) is 6.07 Å². The molecule has 0 saturated heterocycles. The monoisotopic (exact) mass is 287 g/mol. The van der Waals surface area contributed by atoms with Gasteiger partial charge in [0.2, 0.25) is 0 Å². The van der Waals surface area contributed by atoms with E-state index in [-0.39, 0.29) is 0 Å². The maximum absolute atomic E-state index is 8.85. The molecule has 0 aromatic carbocycles. The number of hydrogen-bond donors (Lipinski definition) is 1. The summed E-state index contributed by atoms with van der Waals surface area (Å²) in [6.07, 6.45) is 3.96. The van der Waals surface area contributed by atoms with Crippen LogP contribution in [-0.4, -0.2) is 29.1 Å². The molecule has 0 bridgehead atoms. The fourth-order valence-corrected chi connectivity index (χ4v) is 2.28. The highest BCUT2D eigenvalue weighted by atomic mass is 15.2. The summed E-state index contributed by atoms with van der Waals surface area (Å²) in [5.41, 5.74) is 0. The summed E-state index contributed by atoms with van der Waals surface area (Å²) in [6, 6.07) is 4.55. The lowest BCUT2D eigenvalue weighted by molar-refractivity contribution is 0.672. The molecule has 1 N–H and O–H groups in total. The van der Waals surface area contributed by atoms with Crippen molar-refractivity contribution in [2.75, 3.05) is 23.3 Å². The number of anilines is 2. The SMILES string of the molecule is CCCNc1cc(N(CCC#N)C(C)C)nc(C2CC2)n1. The number of rotatable bonds is 8. The Morgan fingerprint density at radius 1 is 1.43 bits per heavy atom. The van der Waals surface area contributed by atoms with Crippen molar-refractivity contribution in [3.8, 4) is 6.07 Å². The third kappa shape index (κ3) is 4.32. The Kier molecular flexibility index (Phi) is 5.38. The average molecular weight is 287 g/mol. The molecule has 1 aromatic rings. The molecule has 0 atom stereocenters. The Bertz CT molecular complexity index is 502. The first-order valence-corrected chi connectivity index (χ1v) is 7.92. The van der Waals surface area contributed by atoms with Gasteiger partial charge in [-0.2, -0.15) is 5.26 Å². The van der Waals surface area contributed by atoms with Gasteiger partial charge in [-0.05, 0) is 33.1 Å². The molecule has 2 rings (SSSR count). The van der Waals surface area contributed by atoms with Crippen molar-refractivity contribution in [1.82, 2.24) is 9.97 Å². The summed E-state index contributed by atoms with van der Waals surface area (Å²) < 4.78 is 0. The highest BCUT2D eigenvalue weighted by molar-refractivity contribution is 5.50. The molecule has 0 unspecified atom stereocenters. The van der Waals surface area contributed by atoms with E-state index in [1.54, 1.807) is 0 Å². The molecule has 1 aliphatic rings. The highest BCUT2D eigenvalue weighted by Gasteiger charge is 2.28. The van der Waals surface area contributed by atoms with Gasteiger partial charge in [-0.1, -0.05) is 6.92 Å². The Labute approximate surface area is 127 Å². The molecule has 1 saturated carbocycles. The minimum atomic E-state index is 0.319. The van der Waals surface area contributed by atoms with Gasteiger partial charge in [-0.25, -0.2) is 9.97 Å². The van der Waals surface area contributed by atoms with Crippen LogP contribution in [0.2, 0.25) is 0 Å². The van der Waals surface area contributed by atoms with Crippen molar-refractivity contribution in [3.63, 3.8) is 0 Å². The number of nitrogens with zero attached hydrogens (tertiary/aromatic N) is 4. The van der Waals surface area contributed by atoms with Crippen LogP contribution in [0.3, 0.4) is 0 Å². The predicted molar refractivity (Wildman–Crippen MR) is 85.5 cm³/mol. The van der Waals surface area contributed by atoms with Crippen LogP contribution in [-0.2, 0) is 0 Å². The molecule has 5 nitrogen and oxygen atoms in total. The fourth-order valence-electron chi connectivity index (χ4n) is 2.28. The molecule has 1 aromatic heterocycles. The van der Waals surface area contributed by atoms with Gasteiger partial charge >= 0.3 is 0 Å². The van der Waals surface area contributed by atoms with E-state index >= 15 is 0 Å². The molecule has 0 radical (unpaired) electrons. The van der Waals surface area contributed by atoms with E-state index in [4.69, 9.17) is 10.2 Å². The van der Waals surface area contributed by atoms with Crippen LogP contribution in [0.1, 0.15) is 58.2 Å². The molecular weight excluding hydrogens is 262 g/mol. The van der Waals surface area contributed by atoms with Crippen molar-refractivity contribution in [2.45, 2.75) is 58.4 Å². The average Bonchev–Trinajstić information content (AvgIpc) is 3.29. The van der Waals surface area contributed by atoms with Crippen LogP contribution in [0.5, 0.6) is 0 Å². The quantitative estimate of drug-likeness (QED) is 0.794. The summed E-state index contributed by atoms with van der Waals surface area (Å²) >= 11 is 0. The van der Waals surface area contributed by atoms with E-state index in [9.17, 15) is 0 Å². The van der Waals surface area contributed by atoms with Crippen molar-refractivity contribution in [3.05, 3.63) is 11.9 Å². The first-order chi connectivity index (χ1) is 10.2. The molecule has 0 amide bonds. The molecular formula is C16H25N5. The first kappa shape index (κ1) is 15.6. The van der Waals surface area contributed by atoms with Gasteiger partial charge in [0.05, 0.1) is 12.5 Å². The molecule has 21 heavy (non-hydrogen) atoms. The van der Waals surface area contributed by atoms with Gasteiger partial charge in [0.25, 0.3) is 0 Å². The highest BCUT2D eigenvalue weighted by Crippen LogP contribution is 2.39. The van der Waals surface area contributed by atoms with Crippen LogP contribution in [0, 0.1) is 11.3 Å². The zero-order chi connectivity index (χ0) is 15.2. The van der Waals surface area contributed by atoms with Crippen LogP contribution >= 0.6 is 0 Å². The molecule has 1 heterocycles. The van der Waals surface area contributed by atoms with Crippen molar-refractivity contribution < 1.29 is 0 Å². The van der Waals surface area contributed by atoms with Crippen LogP contribution < -0.4 is 10.2 Å².